The molecule has 0 unspecified atom stereocenters. The summed E-state index contributed by atoms with van der Waals surface area (Å²) < 4.78 is 7.09. The number of carbonyl (C=O) groups excluding carboxylic acids is 1. The van der Waals surface area contributed by atoms with Gasteiger partial charge < -0.3 is 10.1 Å². The minimum atomic E-state index is -0.171. The highest BCUT2D eigenvalue weighted by Gasteiger charge is 2.13. The fourth-order valence-corrected chi connectivity index (χ4v) is 2.80. The number of rotatable bonds is 3. The Hall–Kier alpha value is -1.33. The summed E-state index contributed by atoms with van der Waals surface area (Å²) in [4.78, 5) is 12.3. The van der Waals surface area contributed by atoms with Gasteiger partial charge in [-0.05, 0) is 42.8 Å². The van der Waals surface area contributed by atoms with E-state index in [1.54, 1.807) is 19.2 Å². The van der Waals surface area contributed by atoms with Crippen molar-refractivity contribution in [3.8, 4) is 5.75 Å². The van der Waals surface area contributed by atoms with E-state index in [0.717, 1.165) is 14.5 Å². The first-order valence-corrected chi connectivity index (χ1v) is 7.51. The minimum absolute atomic E-state index is 0.171. The Labute approximate surface area is 134 Å². The molecular weight excluding hydrogens is 386 g/mol. The highest BCUT2D eigenvalue weighted by molar-refractivity contribution is 9.10. The first-order chi connectivity index (χ1) is 9.51. The van der Waals surface area contributed by atoms with Crippen LogP contribution in [0.25, 0.3) is 0 Å². The highest BCUT2D eigenvalue weighted by atomic mass is 79.9. The SMILES string of the molecule is COc1cc(Br)cc(C)c1NC(=O)c1cccc(Br)c1. The van der Waals surface area contributed by atoms with Crippen LogP contribution in [-0.4, -0.2) is 13.0 Å². The van der Waals surface area contributed by atoms with Crippen LogP contribution in [0.4, 0.5) is 5.69 Å². The molecule has 0 fully saturated rings. The van der Waals surface area contributed by atoms with Gasteiger partial charge in [-0.25, -0.2) is 0 Å². The van der Waals surface area contributed by atoms with Crippen molar-refractivity contribution < 1.29 is 9.53 Å². The van der Waals surface area contributed by atoms with Crippen LogP contribution in [0.2, 0.25) is 0 Å². The zero-order chi connectivity index (χ0) is 14.7. The molecule has 0 atom stereocenters. The Morgan fingerprint density at radius 3 is 2.55 bits per heavy atom. The standard InChI is InChI=1S/C15H13Br2NO2/c1-9-6-12(17)8-13(20-2)14(9)18-15(19)10-4-3-5-11(16)7-10/h3-8H,1-2H3,(H,18,19). The van der Waals surface area contributed by atoms with E-state index in [1.807, 2.05) is 31.2 Å². The molecule has 0 aliphatic rings. The van der Waals surface area contributed by atoms with Gasteiger partial charge in [0.25, 0.3) is 5.91 Å². The lowest BCUT2D eigenvalue weighted by Gasteiger charge is -2.13. The molecule has 0 saturated carbocycles. The molecule has 0 aliphatic heterocycles. The molecule has 2 rings (SSSR count). The molecule has 0 radical (unpaired) electrons. The Balaban J connectivity index is 2.32. The van der Waals surface area contributed by atoms with E-state index in [9.17, 15) is 4.79 Å². The first kappa shape index (κ1) is 15.1. The summed E-state index contributed by atoms with van der Waals surface area (Å²) in [6, 6.07) is 11.0. The third-order valence-electron chi connectivity index (χ3n) is 2.81. The van der Waals surface area contributed by atoms with Crippen molar-refractivity contribution in [2.24, 2.45) is 0 Å². The maximum absolute atomic E-state index is 12.3. The van der Waals surface area contributed by atoms with Gasteiger partial charge in [0.05, 0.1) is 12.8 Å². The maximum Gasteiger partial charge on any atom is 0.255 e. The fraction of sp³-hybridized carbons (Fsp3) is 0.133. The predicted octanol–water partition coefficient (Wildman–Crippen LogP) is 4.78. The smallest absolute Gasteiger partial charge is 0.255 e. The summed E-state index contributed by atoms with van der Waals surface area (Å²) in [6.07, 6.45) is 0. The van der Waals surface area contributed by atoms with E-state index >= 15 is 0 Å². The van der Waals surface area contributed by atoms with Crippen molar-refractivity contribution in [1.82, 2.24) is 0 Å². The van der Waals surface area contributed by atoms with Crippen molar-refractivity contribution >= 4 is 43.5 Å². The van der Waals surface area contributed by atoms with Crippen molar-refractivity contribution in [3.05, 3.63) is 56.5 Å². The number of ether oxygens (including phenoxy) is 1. The molecule has 2 aromatic carbocycles. The average molecular weight is 399 g/mol. The number of amides is 1. The lowest BCUT2D eigenvalue weighted by molar-refractivity contribution is 0.102. The largest absolute Gasteiger partial charge is 0.495 e. The van der Waals surface area contributed by atoms with E-state index in [-0.39, 0.29) is 5.91 Å². The van der Waals surface area contributed by atoms with Gasteiger partial charge in [-0.15, -0.1) is 0 Å². The van der Waals surface area contributed by atoms with Crippen LogP contribution in [0, 0.1) is 6.92 Å². The van der Waals surface area contributed by atoms with Crippen LogP contribution in [0.3, 0.4) is 0 Å². The summed E-state index contributed by atoms with van der Waals surface area (Å²) in [6.45, 7) is 1.92. The fourth-order valence-electron chi connectivity index (χ4n) is 1.85. The molecule has 1 N–H and O–H groups in total. The lowest BCUT2D eigenvalue weighted by Crippen LogP contribution is -2.13. The molecule has 0 saturated heterocycles. The number of aryl methyl sites for hydroxylation is 1. The second-order valence-corrected chi connectivity index (χ2v) is 6.10. The second-order valence-electron chi connectivity index (χ2n) is 4.26. The topological polar surface area (TPSA) is 38.3 Å². The van der Waals surface area contributed by atoms with Crippen LogP contribution in [0.5, 0.6) is 5.75 Å². The van der Waals surface area contributed by atoms with Crippen LogP contribution in [0.15, 0.2) is 45.3 Å². The quantitative estimate of drug-likeness (QED) is 0.807. The van der Waals surface area contributed by atoms with Gasteiger partial charge in [0.2, 0.25) is 0 Å². The molecule has 5 heteroatoms. The monoisotopic (exact) mass is 397 g/mol. The van der Waals surface area contributed by atoms with E-state index in [4.69, 9.17) is 4.74 Å². The molecule has 0 aromatic heterocycles. The van der Waals surface area contributed by atoms with Crippen molar-refractivity contribution in [2.75, 3.05) is 12.4 Å². The zero-order valence-corrected chi connectivity index (χ0v) is 14.2. The highest BCUT2D eigenvalue weighted by Crippen LogP contribution is 2.32. The molecule has 3 nitrogen and oxygen atoms in total. The second kappa shape index (κ2) is 6.41. The number of carbonyl (C=O) groups is 1. The molecular formula is C15H13Br2NO2. The van der Waals surface area contributed by atoms with E-state index in [0.29, 0.717) is 17.0 Å². The number of methoxy groups -OCH3 is 1. The van der Waals surface area contributed by atoms with E-state index in [2.05, 4.69) is 37.2 Å². The molecule has 0 aliphatic carbocycles. The van der Waals surface area contributed by atoms with Gasteiger partial charge >= 0.3 is 0 Å². The lowest BCUT2D eigenvalue weighted by atomic mass is 10.1. The molecule has 1 amide bonds. The minimum Gasteiger partial charge on any atom is -0.495 e. The van der Waals surface area contributed by atoms with Crippen LogP contribution in [-0.2, 0) is 0 Å². The number of hydrogen-bond donors (Lipinski definition) is 1. The predicted molar refractivity (Wildman–Crippen MR) is 87.5 cm³/mol. The Morgan fingerprint density at radius 2 is 1.90 bits per heavy atom. The van der Waals surface area contributed by atoms with Crippen molar-refractivity contribution in [1.29, 1.82) is 0 Å². The summed E-state index contributed by atoms with van der Waals surface area (Å²) in [7, 11) is 1.58. The Morgan fingerprint density at radius 1 is 1.15 bits per heavy atom. The van der Waals surface area contributed by atoms with E-state index < -0.39 is 0 Å². The molecule has 0 spiro atoms. The summed E-state index contributed by atoms with van der Waals surface area (Å²) in [5.74, 6) is 0.454. The Bertz CT molecular complexity index is 656. The summed E-state index contributed by atoms with van der Waals surface area (Å²) in [5, 5.41) is 2.89. The molecule has 104 valence electrons. The van der Waals surface area contributed by atoms with Crippen LogP contribution < -0.4 is 10.1 Å². The van der Waals surface area contributed by atoms with Gasteiger partial charge in [0, 0.05) is 14.5 Å². The number of halogens is 2. The van der Waals surface area contributed by atoms with Gasteiger partial charge in [-0.1, -0.05) is 37.9 Å². The summed E-state index contributed by atoms with van der Waals surface area (Å²) in [5.41, 5.74) is 2.20. The number of nitrogens with one attached hydrogen (secondary N) is 1. The summed E-state index contributed by atoms with van der Waals surface area (Å²) >= 11 is 6.77. The van der Waals surface area contributed by atoms with Crippen molar-refractivity contribution in [2.45, 2.75) is 6.92 Å². The van der Waals surface area contributed by atoms with Crippen molar-refractivity contribution in [3.63, 3.8) is 0 Å². The van der Waals surface area contributed by atoms with Gasteiger partial charge in [0.1, 0.15) is 5.75 Å². The first-order valence-electron chi connectivity index (χ1n) is 5.92. The molecule has 20 heavy (non-hydrogen) atoms. The molecule has 0 bridgehead atoms. The number of hydrogen-bond acceptors (Lipinski definition) is 2. The average Bonchev–Trinajstić information content (AvgIpc) is 2.41. The molecule has 0 heterocycles. The number of anilines is 1. The zero-order valence-electron chi connectivity index (χ0n) is 11.0. The normalized spacial score (nSPS) is 10.2. The van der Waals surface area contributed by atoms with Gasteiger partial charge in [-0.2, -0.15) is 0 Å². The number of benzene rings is 2. The third kappa shape index (κ3) is 3.41. The van der Waals surface area contributed by atoms with E-state index in [1.165, 1.54) is 0 Å². The maximum atomic E-state index is 12.3. The van der Waals surface area contributed by atoms with Gasteiger partial charge in [-0.3, -0.25) is 4.79 Å². The van der Waals surface area contributed by atoms with Crippen LogP contribution in [0.1, 0.15) is 15.9 Å². The Kier molecular flexibility index (Phi) is 4.83. The van der Waals surface area contributed by atoms with Crippen LogP contribution >= 0.6 is 31.9 Å². The third-order valence-corrected chi connectivity index (χ3v) is 3.76. The van der Waals surface area contributed by atoms with Gasteiger partial charge in [0.15, 0.2) is 0 Å². The molecule has 2 aromatic rings.